The van der Waals surface area contributed by atoms with Gasteiger partial charge in [0.05, 0.1) is 24.3 Å². The Hall–Kier alpha value is -1.34. The molecule has 0 radical (unpaired) electrons. The average Bonchev–Trinajstić information content (AvgIpc) is 2.27. The average molecular weight is 309 g/mol. The third-order valence-electron chi connectivity index (χ3n) is 2.10. The lowest BCUT2D eigenvalue weighted by Gasteiger charge is -2.15. The molecule has 0 spiro atoms. The van der Waals surface area contributed by atoms with E-state index in [1.165, 1.54) is 7.11 Å². The number of aliphatic hydroxyl groups excluding tert-OH is 1. The van der Waals surface area contributed by atoms with E-state index in [1.54, 1.807) is 0 Å². The van der Waals surface area contributed by atoms with Crippen molar-refractivity contribution in [3.63, 3.8) is 0 Å². The number of carbonyl (C=O) groups excluding carboxylic acids is 1. The van der Waals surface area contributed by atoms with Crippen LogP contribution < -0.4 is 4.74 Å². The van der Waals surface area contributed by atoms with Gasteiger partial charge in [0.25, 0.3) is 0 Å². The molecule has 5 nitrogen and oxygen atoms in total. The van der Waals surface area contributed by atoms with E-state index in [0.29, 0.717) is 0 Å². The number of halogens is 2. The van der Waals surface area contributed by atoms with Crippen LogP contribution in [0.4, 0.5) is 4.39 Å². The normalized spacial score (nSPS) is 12.1. The van der Waals surface area contributed by atoms with E-state index in [0.717, 1.165) is 13.2 Å². The molecular formula is C10H10BrFO5. The molecule has 94 valence electrons. The number of hydrogen-bond donors (Lipinski definition) is 2. The van der Waals surface area contributed by atoms with Gasteiger partial charge >= 0.3 is 5.97 Å². The van der Waals surface area contributed by atoms with Crippen molar-refractivity contribution in [1.82, 2.24) is 0 Å². The highest BCUT2D eigenvalue weighted by Crippen LogP contribution is 2.41. The van der Waals surface area contributed by atoms with Gasteiger partial charge < -0.3 is 19.7 Å². The van der Waals surface area contributed by atoms with Crippen LogP contribution in [0.2, 0.25) is 0 Å². The molecule has 0 amide bonds. The summed E-state index contributed by atoms with van der Waals surface area (Å²) >= 11 is 2.97. The fourth-order valence-electron chi connectivity index (χ4n) is 1.29. The minimum Gasteiger partial charge on any atom is -0.504 e. The Morgan fingerprint density at radius 3 is 2.59 bits per heavy atom. The maximum atomic E-state index is 13.6. The molecule has 2 N–H and O–H groups in total. The Kier molecular flexibility index (Phi) is 4.30. The van der Waals surface area contributed by atoms with Crippen molar-refractivity contribution < 1.29 is 28.9 Å². The van der Waals surface area contributed by atoms with E-state index in [1.807, 2.05) is 0 Å². The molecule has 7 heteroatoms. The van der Waals surface area contributed by atoms with Crippen molar-refractivity contribution in [3.8, 4) is 11.5 Å². The van der Waals surface area contributed by atoms with Gasteiger partial charge in [-0.15, -0.1) is 0 Å². The number of carbonyl (C=O) groups is 1. The molecule has 1 aromatic carbocycles. The van der Waals surface area contributed by atoms with Crippen molar-refractivity contribution in [3.05, 3.63) is 21.9 Å². The number of ether oxygens (including phenoxy) is 2. The molecule has 0 aliphatic rings. The summed E-state index contributed by atoms with van der Waals surface area (Å²) in [6.45, 7) is 0. The molecule has 1 unspecified atom stereocenters. The first-order valence-corrected chi connectivity index (χ1v) is 5.24. The molecule has 0 aliphatic heterocycles. The molecule has 0 aromatic heterocycles. The first kappa shape index (κ1) is 13.7. The Balaban J connectivity index is 3.38. The van der Waals surface area contributed by atoms with Gasteiger partial charge in [-0.25, -0.2) is 9.18 Å². The lowest BCUT2D eigenvalue weighted by atomic mass is 10.1. The summed E-state index contributed by atoms with van der Waals surface area (Å²) in [5.41, 5.74) is -0.586. The number of phenolic OH excluding ortho intramolecular Hbond substituents is 1. The van der Waals surface area contributed by atoms with Crippen LogP contribution in [0, 0.1) is 5.82 Å². The van der Waals surface area contributed by atoms with Gasteiger partial charge in [0.15, 0.2) is 17.6 Å². The van der Waals surface area contributed by atoms with Crippen LogP contribution in [0.5, 0.6) is 11.5 Å². The highest BCUT2D eigenvalue weighted by molar-refractivity contribution is 9.10. The van der Waals surface area contributed by atoms with Crippen LogP contribution in [-0.2, 0) is 9.53 Å². The molecular weight excluding hydrogens is 299 g/mol. The van der Waals surface area contributed by atoms with E-state index >= 15 is 0 Å². The molecule has 0 saturated heterocycles. The fourth-order valence-corrected chi connectivity index (χ4v) is 1.84. The van der Waals surface area contributed by atoms with Gasteiger partial charge in [-0.05, 0) is 22.0 Å². The summed E-state index contributed by atoms with van der Waals surface area (Å²) in [6, 6.07) is 0.972. The Morgan fingerprint density at radius 1 is 1.53 bits per heavy atom. The van der Waals surface area contributed by atoms with Crippen molar-refractivity contribution in [1.29, 1.82) is 0 Å². The van der Waals surface area contributed by atoms with Crippen LogP contribution in [0.15, 0.2) is 10.5 Å². The third-order valence-corrected chi connectivity index (χ3v) is 2.69. The highest BCUT2D eigenvalue weighted by atomic mass is 79.9. The summed E-state index contributed by atoms with van der Waals surface area (Å²) in [7, 11) is 2.29. The predicted molar refractivity (Wildman–Crippen MR) is 59.3 cm³/mol. The number of rotatable bonds is 3. The SMILES string of the molecule is COC(=O)C(O)c1c(F)cc(Br)c(OC)c1O. The van der Waals surface area contributed by atoms with Crippen LogP contribution in [0.25, 0.3) is 0 Å². The summed E-state index contributed by atoms with van der Waals surface area (Å²) < 4.78 is 22.8. The maximum absolute atomic E-state index is 13.6. The number of aliphatic hydroxyl groups is 1. The Labute approximate surface area is 105 Å². The van der Waals surface area contributed by atoms with E-state index in [2.05, 4.69) is 20.7 Å². The van der Waals surface area contributed by atoms with Gasteiger partial charge in [-0.3, -0.25) is 0 Å². The predicted octanol–water partition coefficient (Wildman–Crippen LogP) is 1.51. The van der Waals surface area contributed by atoms with Gasteiger partial charge in [0.1, 0.15) is 5.82 Å². The largest absolute Gasteiger partial charge is 0.504 e. The van der Waals surface area contributed by atoms with Gasteiger partial charge in [-0.2, -0.15) is 0 Å². The Morgan fingerprint density at radius 2 is 2.12 bits per heavy atom. The molecule has 1 atom stereocenters. The number of hydrogen-bond acceptors (Lipinski definition) is 5. The molecule has 17 heavy (non-hydrogen) atoms. The molecule has 0 heterocycles. The standard InChI is InChI=1S/C10H10BrFO5/c1-16-9-4(11)3-5(12)6(7(9)13)8(14)10(15)17-2/h3,8,13-14H,1-2H3. The molecule has 0 bridgehead atoms. The van der Waals surface area contributed by atoms with Crippen molar-refractivity contribution in [2.45, 2.75) is 6.10 Å². The molecule has 0 fully saturated rings. The Bertz CT molecular complexity index is 449. The lowest BCUT2D eigenvalue weighted by Crippen LogP contribution is -2.15. The number of methoxy groups -OCH3 is 2. The zero-order chi connectivity index (χ0) is 13.2. The quantitative estimate of drug-likeness (QED) is 0.828. The van der Waals surface area contributed by atoms with Crippen LogP contribution in [-0.4, -0.2) is 30.4 Å². The van der Waals surface area contributed by atoms with E-state index < -0.39 is 29.2 Å². The minimum atomic E-state index is -1.91. The lowest BCUT2D eigenvalue weighted by molar-refractivity contribution is -0.151. The maximum Gasteiger partial charge on any atom is 0.339 e. The number of benzene rings is 1. The zero-order valence-electron chi connectivity index (χ0n) is 9.03. The van der Waals surface area contributed by atoms with Gasteiger partial charge in [0.2, 0.25) is 0 Å². The molecule has 0 aliphatic carbocycles. The van der Waals surface area contributed by atoms with Crippen molar-refractivity contribution >= 4 is 21.9 Å². The second kappa shape index (κ2) is 5.33. The first-order valence-electron chi connectivity index (χ1n) is 4.44. The van der Waals surface area contributed by atoms with Crippen LogP contribution in [0.1, 0.15) is 11.7 Å². The number of phenols is 1. The zero-order valence-corrected chi connectivity index (χ0v) is 10.6. The summed E-state index contributed by atoms with van der Waals surface area (Å²) in [5, 5.41) is 19.2. The topological polar surface area (TPSA) is 76.0 Å². The molecule has 1 rings (SSSR count). The van der Waals surface area contributed by atoms with E-state index in [9.17, 15) is 19.4 Å². The summed E-state index contributed by atoms with van der Waals surface area (Å²) in [6.07, 6.45) is -1.91. The third kappa shape index (κ3) is 2.50. The van der Waals surface area contributed by atoms with Crippen molar-refractivity contribution in [2.24, 2.45) is 0 Å². The van der Waals surface area contributed by atoms with Gasteiger partial charge in [-0.1, -0.05) is 0 Å². The second-order valence-electron chi connectivity index (χ2n) is 3.06. The fraction of sp³-hybridized carbons (Fsp3) is 0.300. The highest BCUT2D eigenvalue weighted by Gasteiger charge is 2.28. The van der Waals surface area contributed by atoms with Crippen molar-refractivity contribution in [2.75, 3.05) is 14.2 Å². The first-order chi connectivity index (χ1) is 7.93. The minimum absolute atomic E-state index is 0.0793. The van der Waals surface area contributed by atoms with E-state index in [4.69, 9.17) is 4.74 Å². The summed E-state index contributed by atoms with van der Waals surface area (Å²) in [5.74, 6) is -2.77. The smallest absolute Gasteiger partial charge is 0.339 e. The number of aromatic hydroxyl groups is 1. The van der Waals surface area contributed by atoms with Gasteiger partial charge in [0, 0.05) is 0 Å². The second-order valence-corrected chi connectivity index (χ2v) is 3.92. The molecule has 0 saturated carbocycles. The summed E-state index contributed by atoms with van der Waals surface area (Å²) in [4.78, 5) is 11.1. The molecule has 1 aromatic rings. The number of esters is 1. The van der Waals surface area contributed by atoms with Crippen LogP contribution >= 0.6 is 15.9 Å². The monoisotopic (exact) mass is 308 g/mol. The van der Waals surface area contributed by atoms with Crippen LogP contribution in [0.3, 0.4) is 0 Å². The van der Waals surface area contributed by atoms with E-state index in [-0.39, 0.29) is 10.2 Å².